The Morgan fingerprint density at radius 3 is 2.62 bits per heavy atom. The molecule has 2 aromatic rings. The van der Waals surface area contributed by atoms with Gasteiger partial charge >= 0.3 is 5.76 Å². The van der Waals surface area contributed by atoms with Crippen LogP contribution in [0.2, 0.25) is 0 Å². The minimum atomic E-state index is -4.63. The Morgan fingerprint density at radius 1 is 1.24 bits per heavy atom. The Bertz CT molecular complexity index is 733. The van der Waals surface area contributed by atoms with Crippen molar-refractivity contribution in [3.63, 3.8) is 0 Å². The monoisotopic (exact) mass is 312 g/mol. The first-order valence-electron chi connectivity index (χ1n) is 6.17. The van der Waals surface area contributed by atoms with Gasteiger partial charge in [0.2, 0.25) is 9.84 Å². The summed E-state index contributed by atoms with van der Waals surface area (Å²) in [5, 5.41) is 2.88. The zero-order valence-corrected chi connectivity index (χ0v) is 12.1. The highest BCUT2D eigenvalue weighted by molar-refractivity contribution is 7.91. The summed E-state index contributed by atoms with van der Waals surface area (Å²) in [4.78, 5) is 3.58. The van der Waals surface area contributed by atoms with Crippen LogP contribution in [0, 0.1) is 6.92 Å². The number of para-hydroxylation sites is 1. The van der Waals surface area contributed by atoms with E-state index in [1.807, 2.05) is 13.0 Å². The molecule has 0 radical (unpaired) electrons. The van der Waals surface area contributed by atoms with Crippen molar-refractivity contribution in [1.29, 1.82) is 0 Å². The summed E-state index contributed by atoms with van der Waals surface area (Å²) >= 11 is 0. The van der Waals surface area contributed by atoms with Gasteiger partial charge in [-0.05, 0) is 36.2 Å². The number of hydrogen-bond acceptors (Lipinski definition) is 4. The smallest absolute Gasteiger partial charge is 0.341 e. The molecule has 4 nitrogen and oxygen atoms in total. The molecule has 0 unspecified atom stereocenters. The van der Waals surface area contributed by atoms with E-state index in [0.717, 1.165) is 11.1 Å². The fraction of sp³-hybridized carbons (Fsp3) is 0.214. The number of nitrogens with one attached hydrogen (secondary N) is 1. The number of hydrogen-bond donors (Lipinski definition) is 1. The molecule has 0 aliphatic carbocycles. The largest absolute Gasteiger partial charge is 0.380 e. The first-order chi connectivity index (χ1) is 9.93. The molecule has 0 spiro atoms. The summed E-state index contributed by atoms with van der Waals surface area (Å²) in [6.45, 7) is 2.19. The molecule has 2 rings (SSSR count). The minimum absolute atomic E-state index is 0.154. The molecule has 112 valence electrons. The summed E-state index contributed by atoms with van der Waals surface area (Å²) in [6, 6.07) is 7.44. The maximum absolute atomic E-state index is 12.7. The molecule has 1 aromatic heterocycles. The lowest BCUT2D eigenvalue weighted by Crippen LogP contribution is -2.14. The quantitative estimate of drug-likeness (QED) is 0.922. The highest BCUT2D eigenvalue weighted by Crippen LogP contribution is 2.26. The zero-order valence-electron chi connectivity index (χ0n) is 11.3. The van der Waals surface area contributed by atoms with Gasteiger partial charge in [0.15, 0.2) is 0 Å². The number of nitrogens with zero attached hydrogens (tertiary/aromatic N) is 1. The SMILES string of the molecule is Cc1ccncc1CNc1ccccc1S(=O)(=O)C(F)F. The van der Waals surface area contributed by atoms with Crippen molar-refractivity contribution in [3.05, 3.63) is 53.9 Å². The molecule has 0 aliphatic rings. The van der Waals surface area contributed by atoms with Gasteiger partial charge in [0.05, 0.1) is 10.6 Å². The van der Waals surface area contributed by atoms with Gasteiger partial charge in [-0.2, -0.15) is 8.78 Å². The number of halogens is 2. The zero-order chi connectivity index (χ0) is 15.5. The van der Waals surface area contributed by atoms with E-state index >= 15 is 0 Å². The first kappa shape index (κ1) is 15.4. The number of alkyl halides is 2. The summed E-state index contributed by atoms with van der Waals surface area (Å²) in [7, 11) is -4.63. The molecule has 0 saturated heterocycles. The average molecular weight is 312 g/mol. The third-order valence-corrected chi connectivity index (χ3v) is 4.48. The summed E-state index contributed by atoms with van der Waals surface area (Å²) in [6.07, 6.45) is 3.29. The Balaban J connectivity index is 2.28. The number of pyridine rings is 1. The molecule has 0 bridgehead atoms. The highest BCUT2D eigenvalue weighted by atomic mass is 32.2. The van der Waals surface area contributed by atoms with E-state index in [1.165, 1.54) is 18.2 Å². The Labute approximate surface area is 121 Å². The molecule has 7 heteroatoms. The van der Waals surface area contributed by atoms with Crippen molar-refractivity contribution in [1.82, 2.24) is 4.98 Å². The van der Waals surface area contributed by atoms with Crippen molar-refractivity contribution < 1.29 is 17.2 Å². The molecular weight excluding hydrogens is 298 g/mol. The molecule has 1 N–H and O–H groups in total. The normalized spacial score (nSPS) is 11.6. The average Bonchev–Trinajstić information content (AvgIpc) is 2.46. The van der Waals surface area contributed by atoms with E-state index in [2.05, 4.69) is 10.3 Å². The second-order valence-corrected chi connectivity index (χ2v) is 6.34. The molecule has 0 aliphatic heterocycles. The summed E-state index contributed by atoms with van der Waals surface area (Å²) < 4.78 is 48.6. The fourth-order valence-electron chi connectivity index (χ4n) is 1.83. The maximum atomic E-state index is 12.7. The lowest BCUT2D eigenvalue weighted by molar-refractivity contribution is 0.235. The second kappa shape index (κ2) is 6.17. The van der Waals surface area contributed by atoms with Gasteiger partial charge < -0.3 is 5.32 Å². The van der Waals surface area contributed by atoms with E-state index in [9.17, 15) is 17.2 Å². The Kier molecular flexibility index (Phi) is 4.52. The third-order valence-electron chi connectivity index (χ3n) is 3.04. The van der Waals surface area contributed by atoms with Crippen LogP contribution in [0.25, 0.3) is 0 Å². The van der Waals surface area contributed by atoms with Gasteiger partial charge in [-0.15, -0.1) is 0 Å². The minimum Gasteiger partial charge on any atom is -0.380 e. The van der Waals surface area contributed by atoms with Gasteiger partial charge in [-0.1, -0.05) is 12.1 Å². The van der Waals surface area contributed by atoms with E-state index in [0.29, 0.717) is 6.54 Å². The number of benzene rings is 1. The van der Waals surface area contributed by atoms with Gasteiger partial charge in [-0.3, -0.25) is 4.98 Å². The van der Waals surface area contributed by atoms with Crippen molar-refractivity contribution in [2.45, 2.75) is 24.1 Å². The second-order valence-electron chi connectivity index (χ2n) is 4.46. The summed E-state index contributed by atoms with van der Waals surface area (Å²) in [5.41, 5.74) is 1.99. The van der Waals surface area contributed by atoms with E-state index in [1.54, 1.807) is 18.5 Å². The lowest BCUT2D eigenvalue weighted by Gasteiger charge is -2.13. The van der Waals surface area contributed by atoms with Crippen LogP contribution in [0.1, 0.15) is 11.1 Å². The molecule has 1 aromatic carbocycles. The molecule has 0 amide bonds. The van der Waals surface area contributed by atoms with Crippen molar-refractivity contribution >= 4 is 15.5 Å². The molecular formula is C14H14F2N2O2S. The summed E-state index contributed by atoms with van der Waals surface area (Å²) in [5.74, 6) is -3.44. The number of anilines is 1. The van der Waals surface area contributed by atoms with Crippen LogP contribution in [0.4, 0.5) is 14.5 Å². The van der Waals surface area contributed by atoms with Crippen LogP contribution in [0.5, 0.6) is 0 Å². The van der Waals surface area contributed by atoms with Gasteiger partial charge in [0, 0.05) is 18.9 Å². The highest BCUT2D eigenvalue weighted by Gasteiger charge is 2.28. The van der Waals surface area contributed by atoms with Gasteiger partial charge in [-0.25, -0.2) is 8.42 Å². The predicted molar refractivity (Wildman–Crippen MR) is 75.9 cm³/mol. The first-order valence-corrected chi connectivity index (χ1v) is 7.72. The Morgan fingerprint density at radius 2 is 1.95 bits per heavy atom. The van der Waals surface area contributed by atoms with Gasteiger partial charge in [0.25, 0.3) is 0 Å². The van der Waals surface area contributed by atoms with Crippen LogP contribution in [0.3, 0.4) is 0 Å². The van der Waals surface area contributed by atoms with Crippen LogP contribution < -0.4 is 5.32 Å². The molecule has 0 saturated carbocycles. The fourth-order valence-corrected chi connectivity index (χ4v) is 2.74. The van der Waals surface area contributed by atoms with Crippen LogP contribution in [0.15, 0.2) is 47.6 Å². The lowest BCUT2D eigenvalue weighted by atomic mass is 10.1. The van der Waals surface area contributed by atoms with E-state index < -0.39 is 20.5 Å². The number of aryl methyl sites for hydroxylation is 1. The van der Waals surface area contributed by atoms with Crippen molar-refractivity contribution in [3.8, 4) is 0 Å². The van der Waals surface area contributed by atoms with Crippen molar-refractivity contribution in [2.24, 2.45) is 0 Å². The van der Waals surface area contributed by atoms with Crippen molar-refractivity contribution in [2.75, 3.05) is 5.32 Å². The molecule has 1 heterocycles. The standard InChI is InChI=1S/C14H14F2N2O2S/c1-10-6-7-17-8-11(10)9-18-12-4-2-3-5-13(12)21(19,20)14(15)16/h2-8,14,18H,9H2,1H3. The Hall–Kier alpha value is -2.02. The molecule has 0 fully saturated rings. The van der Waals surface area contributed by atoms with Gasteiger partial charge in [0.1, 0.15) is 0 Å². The number of rotatable bonds is 5. The molecule has 21 heavy (non-hydrogen) atoms. The number of sulfone groups is 1. The van der Waals surface area contributed by atoms with E-state index in [-0.39, 0.29) is 5.69 Å². The molecule has 0 atom stereocenters. The number of aromatic nitrogens is 1. The third kappa shape index (κ3) is 3.36. The van der Waals surface area contributed by atoms with Crippen LogP contribution in [-0.4, -0.2) is 19.2 Å². The van der Waals surface area contributed by atoms with Crippen LogP contribution in [-0.2, 0) is 16.4 Å². The van der Waals surface area contributed by atoms with E-state index in [4.69, 9.17) is 0 Å². The van der Waals surface area contributed by atoms with Crippen LogP contribution >= 0.6 is 0 Å². The topological polar surface area (TPSA) is 59.1 Å². The maximum Gasteiger partial charge on any atom is 0.341 e. The predicted octanol–water partition coefficient (Wildman–Crippen LogP) is 3.00.